The number of rotatable bonds is 4. The van der Waals surface area contributed by atoms with E-state index in [-0.39, 0.29) is 0 Å². The van der Waals surface area contributed by atoms with Gasteiger partial charge < -0.3 is 5.73 Å². The first-order valence-electron chi connectivity index (χ1n) is 6.68. The maximum Gasteiger partial charge on any atom is 0.0701 e. The van der Waals surface area contributed by atoms with Crippen LogP contribution in [0.25, 0.3) is 0 Å². The summed E-state index contributed by atoms with van der Waals surface area (Å²) >= 11 is 5.33. The van der Waals surface area contributed by atoms with E-state index in [1.54, 1.807) is 0 Å². The maximum atomic E-state index is 6.37. The average molecular weight is 316 g/mol. The Kier molecular flexibility index (Phi) is 5.07. The molecule has 0 aromatic carbocycles. The van der Waals surface area contributed by atoms with E-state index in [0.717, 1.165) is 18.3 Å². The van der Waals surface area contributed by atoms with Crippen LogP contribution in [0.2, 0.25) is 0 Å². The summed E-state index contributed by atoms with van der Waals surface area (Å²) in [5.74, 6) is 1.72. The fraction of sp³-hybridized carbons (Fsp3) is 0.714. The molecule has 3 heteroatoms. The number of nitrogens with two attached hydrogens (primary N) is 1. The molecule has 1 unspecified atom stereocenters. The first-order valence-corrected chi connectivity index (χ1v) is 8.29. The molecule has 1 aliphatic rings. The van der Waals surface area contributed by atoms with Crippen molar-refractivity contribution >= 4 is 27.3 Å². The molecule has 1 atom stereocenters. The van der Waals surface area contributed by atoms with E-state index in [2.05, 4.69) is 35.0 Å². The zero-order chi connectivity index (χ0) is 12.3. The molecule has 1 aromatic rings. The van der Waals surface area contributed by atoms with Crippen LogP contribution in [0.3, 0.4) is 0 Å². The van der Waals surface area contributed by atoms with Gasteiger partial charge in [0, 0.05) is 10.9 Å². The highest BCUT2D eigenvalue weighted by Gasteiger charge is 2.25. The SMILES string of the molecule is CCC1CCC(C(N)Cc2ccc(Br)s2)CC1. The Hall–Kier alpha value is 0.140. The van der Waals surface area contributed by atoms with Gasteiger partial charge in [0.1, 0.15) is 0 Å². The van der Waals surface area contributed by atoms with Gasteiger partial charge in [-0.3, -0.25) is 0 Å². The standard InChI is InChI=1S/C14H22BrNS/c1-2-10-3-5-11(6-4-10)13(16)9-12-7-8-14(15)17-12/h7-8,10-11,13H,2-6,9,16H2,1H3. The molecule has 0 spiro atoms. The molecule has 1 aliphatic carbocycles. The summed E-state index contributed by atoms with van der Waals surface area (Å²) in [5, 5.41) is 0. The Balaban J connectivity index is 1.82. The average Bonchev–Trinajstić information content (AvgIpc) is 2.75. The van der Waals surface area contributed by atoms with Crippen molar-refractivity contribution in [1.82, 2.24) is 0 Å². The second-order valence-corrected chi connectivity index (χ2v) is 7.81. The molecule has 1 heterocycles. The topological polar surface area (TPSA) is 26.0 Å². The van der Waals surface area contributed by atoms with Crippen LogP contribution in [0.15, 0.2) is 15.9 Å². The first-order chi connectivity index (χ1) is 8.19. The third kappa shape index (κ3) is 3.80. The quantitative estimate of drug-likeness (QED) is 0.863. The minimum Gasteiger partial charge on any atom is -0.327 e. The van der Waals surface area contributed by atoms with Gasteiger partial charge in [0.2, 0.25) is 0 Å². The molecule has 17 heavy (non-hydrogen) atoms. The third-order valence-corrected chi connectivity index (χ3v) is 5.79. The van der Waals surface area contributed by atoms with Crippen LogP contribution < -0.4 is 5.73 Å². The van der Waals surface area contributed by atoms with Crippen molar-refractivity contribution in [3.05, 3.63) is 20.8 Å². The smallest absolute Gasteiger partial charge is 0.0701 e. The van der Waals surface area contributed by atoms with Crippen molar-refractivity contribution in [3.8, 4) is 0 Å². The van der Waals surface area contributed by atoms with Crippen molar-refractivity contribution in [3.63, 3.8) is 0 Å². The highest BCUT2D eigenvalue weighted by molar-refractivity contribution is 9.11. The van der Waals surface area contributed by atoms with Crippen LogP contribution in [0, 0.1) is 11.8 Å². The van der Waals surface area contributed by atoms with Gasteiger partial charge in [-0.15, -0.1) is 11.3 Å². The molecule has 0 saturated heterocycles. The lowest BCUT2D eigenvalue weighted by Gasteiger charge is -2.31. The minimum atomic E-state index is 0.360. The Morgan fingerprint density at radius 1 is 1.35 bits per heavy atom. The van der Waals surface area contributed by atoms with Crippen LogP contribution in [-0.4, -0.2) is 6.04 Å². The van der Waals surface area contributed by atoms with Crippen LogP contribution >= 0.6 is 27.3 Å². The zero-order valence-corrected chi connectivity index (χ0v) is 12.9. The molecular formula is C14H22BrNS. The highest BCUT2D eigenvalue weighted by Crippen LogP contribution is 2.33. The van der Waals surface area contributed by atoms with Crippen molar-refractivity contribution < 1.29 is 0 Å². The monoisotopic (exact) mass is 315 g/mol. The first kappa shape index (κ1) is 13.6. The summed E-state index contributed by atoms with van der Waals surface area (Å²) in [6.45, 7) is 2.31. The summed E-state index contributed by atoms with van der Waals surface area (Å²) in [7, 11) is 0. The van der Waals surface area contributed by atoms with E-state index in [9.17, 15) is 0 Å². The van der Waals surface area contributed by atoms with Crippen molar-refractivity contribution in [2.24, 2.45) is 17.6 Å². The van der Waals surface area contributed by atoms with Crippen LogP contribution in [0.1, 0.15) is 43.9 Å². The number of thiophene rings is 1. The fourth-order valence-electron chi connectivity index (χ4n) is 2.89. The Morgan fingerprint density at radius 3 is 2.59 bits per heavy atom. The van der Waals surface area contributed by atoms with Gasteiger partial charge in [-0.25, -0.2) is 0 Å². The highest BCUT2D eigenvalue weighted by atomic mass is 79.9. The van der Waals surface area contributed by atoms with E-state index in [0.29, 0.717) is 6.04 Å². The maximum absolute atomic E-state index is 6.37. The van der Waals surface area contributed by atoms with Gasteiger partial charge in [0.25, 0.3) is 0 Å². The van der Waals surface area contributed by atoms with E-state index in [1.165, 1.54) is 40.8 Å². The molecule has 0 amide bonds. The van der Waals surface area contributed by atoms with Gasteiger partial charge in [-0.1, -0.05) is 26.2 Å². The lowest BCUT2D eigenvalue weighted by molar-refractivity contribution is 0.238. The Bertz CT molecular complexity index is 342. The van der Waals surface area contributed by atoms with Crippen molar-refractivity contribution in [1.29, 1.82) is 0 Å². The molecule has 1 aromatic heterocycles. The van der Waals surface area contributed by atoms with Crippen molar-refractivity contribution in [2.45, 2.75) is 51.5 Å². The van der Waals surface area contributed by atoms with Gasteiger partial charge in [0.15, 0.2) is 0 Å². The van der Waals surface area contributed by atoms with Crippen LogP contribution in [0.4, 0.5) is 0 Å². The number of hydrogen-bond acceptors (Lipinski definition) is 2. The van der Waals surface area contributed by atoms with Gasteiger partial charge in [0.05, 0.1) is 3.79 Å². The Labute approximate surface area is 117 Å². The van der Waals surface area contributed by atoms with E-state index in [1.807, 2.05) is 11.3 Å². The van der Waals surface area contributed by atoms with Crippen LogP contribution in [-0.2, 0) is 6.42 Å². The predicted molar refractivity (Wildman–Crippen MR) is 79.4 cm³/mol. The largest absolute Gasteiger partial charge is 0.327 e. The second-order valence-electron chi connectivity index (χ2n) is 5.26. The number of hydrogen-bond donors (Lipinski definition) is 1. The molecule has 0 radical (unpaired) electrons. The molecule has 1 nitrogen and oxygen atoms in total. The molecule has 2 N–H and O–H groups in total. The predicted octanol–water partition coefficient (Wildman–Crippen LogP) is 4.60. The molecule has 96 valence electrons. The van der Waals surface area contributed by atoms with E-state index in [4.69, 9.17) is 5.73 Å². The molecule has 1 fully saturated rings. The second kappa shape index (κ2) is 6.35. The van der Waals surface area contributed by atoms with Gasteiger partial charge >= 0.3 is 0 Å². The number of halogens is 1. The molecule has 2 rings (SSSR count). The van der Waals surface area contributed by atoms with Crippen LogP contribution in [0.5, 0.6) is 0 Å². The van der Waals surface area contributed by atoms with E-state index >= 15 is 0 Å². The zero-order valence-electron chi connectivity index (χ0n) is 10.5. The fourth-order valence-corrected chi connectivity index (χ4v) is 4.44. The van der Waals surface area contributed by atoms with Gasteiger partial charge in [-0.05, 0) is 59.2 Å². The lowest BCUT2D eigenvalue weighted by Crippen LogP contribution is -2.34. The summed E-state index contributed by atoms with van der Waals surface area (Å²) < 4.78 is 1.22. The summed E-state index contributed by atoms with van der Waals surface area (Å²) in [5.41, 5.74) is 6.37. The third-order valence-electron chi connectivity index (χ3n) is 4.14. The van der Waals surface area contributed by atoms with Crippen molar-refractivity contribution in [2.75, 3.05) is 0 Å². The summed E-state index contributed by atoms with van der Waals surface area (Å²) in [6.07, 6.45) is 7.86. The Morgan fingerprint density at radius 2 is 2.06 bits per heavy atom. The van der Waals surface area contributed by atoms with E-state index < -0.39 is 0 Å². The molecule has 0 bridgehead atoms. The molecule has 1 saturated carbocycles. The minimum absolute atomic E-state index is 0.360. The normalized spacial score (nSPS) is 27.0. The summed E-state index contributed by atoms with van der Waals surface area (Å²) in [6, 6.07) is 4.69. The van der Waals surface area contributed by atoms with Gasteiger partial charge in [-0.2, -0.15) is 0 Å². The lowest BCUT2D eigenvalue weighted by atomic mass is 9.77. The molecular weight excluding hydrogens is 294 g/mol. The molecule has 0 aliphatic heterocycles. The summed E-state index contributed by atoms with van der Waals surface area (Å²) in [4.78, 5) is 1.42.